The van der Waals surface area contributed by atoms with Crippen LogP contribution in [0.25, 0.3) is 0 Å². The van der Waals surface area contributed by atoms with E-state index in [4.69, 9.17) is 4.74 Å². The maximum absolute atomic E-state index is 11.7. The summed E-state index contributed by atoms with van der Waals surface area (Å²) >= 11 is 0. The fraction of sp³-hybridized carbons (Fsp3) is 0.923. The molecule has 0 aliphatic carbocycles. The lowest BCUT2D eigenvalue weighted by Crippen LogP contribution is -2.45. The van der Waals surface area contributed by atoms with Gasteiger partial charge >= 0.3 is 5.97 Å². The Bertz CT molecular complexity index is 210. The number of rotatable bonds is 5. The number of carbonyl (C=O) groups excluding carboxylic acids is 1. The van der Waals surface area contributed by atoms with Crippen LogP contribution in [-0.4, -0.2) is 37.1 Å². The maximum atomic E-state index is 11.7. The highest BCUT2D eigenvalue weighted by Gasteiger charge is 2.28. The van der Waals surface area contributed by atoms with Crippen LogP contribution in [0.15, 0.2) is 0 Å². The molecule has 0 aromatic carbocycles. The van der Waals surface area contributed by atoms with Gasteiger partial charge < -0.3 is 4.74 Å². The minimum atomic E-state index is -0.0528. The van der Waals surface area contributed by atoms with E-state index in [2.05, 4.69) is 18.7 Å². The molecular weight excluding hydrogens is 202 g/mol. The van der Waals surface area contributed by atoms with Crippen LogP contribution in [0.5, 0.6) is 0 Å². The number of methoxy groups -OCH3 is 1. The van der Waals surface area contributed by atoms with Gasteiger partial charge in [0.2, 0.25) is 0 Å². The van der Waals surface area contributed by atoms with Gasteiger partial charge in [0.25, 0.3) is 0 Å². The molecule has 0 N–H and O–H groups in total. The first-order valence-electron chi connectivity index (χ1n) is 6.51. The predicted molar refractivity (Wildman–Crippen MR) is 65.3 cm³/mol. The summed E-state index contributed by atoms with van der Waals surface area (Å²) in [5.41, 5.74) is 0. The van der Waals surface area contributed by atoms with Crippen LogP contribution in [0, 0.1) is 5.92 Å². The molecule has 1 saturated heterocycles. The summed E-state index contributed by atoms with van der Waals surface area (Å²) in [6, 6.07) is -0.00236. The van der Waals surface area contributed by atoms with Gasteiger partial charge in [-0.2, -0.15) is 0 Å². The van der Waals surface area contributed by atoms with Gasteiger partial charge in [-0.25, -0.2) is 0 Å². The lowest BCUT2D eigenvalue weighted by Gasteiger charge is -2.35. The van der Waals surface area contributed by atoms with Crippen LogP contribution in [0.1, 0.15) is 46.0 Å². The van der Waals surface area contributed by atoms with Crippen molar-refractivity contribution in [2.24, 2.45) is 5.92 Å². The van der Waals surface area contributed by atoms with Crippen LogP contribution < -0.4 is 0 Å². The van der Waals surface area contributed by atoms with Crippen molar-refractivity contribution in [3.8, 4) is 0 Å². The summed E-state index contributed by atoms with van der Waals surface area (Å²) in [6.45, 7) is 6.54. The van der Waals surface area contributed by atoms with Crippen LogP contribution >= 0.6 is 0 Å². The fourth-order valence-corrected chi connectivity index (χ4v) is 2.32. The Hall–Kier alpha value is -0.570. The average molecular weight is 227 g/mol. The third-order valence-electron chi connectivity index (χ3n) is 3.56. The van der Waals surface area contributed by atoms with Crippen molar-refractivity contribution in [1.29, 1.82) is 0 Å². The molecule has 1 rings (SSSR count). The van der Waals surface area contributed by atoms with E-state index in [0.29, 0.717) is 0 Å². The molecule has 0 saturated carbocycles. The zero-order valence-corrected chi connectivity index (χ0v) is 10.9. The Morgan fingerprint density at radius 3 is 2.56 bits per heavy atom. The van der Waals surface area contributed by atoms with Crippen molar-refractivity contribution in [3.05, 3.63) is 0 Å². The molecule has 3 heteroatoms. The number of hydrogen-bond donors (Lipinski definition) is 0. The molecule has 3 nitrogen and oxygen atoms in total. The molecular formula is C13H25NO2. The third kappa shape index (κ3) is 3.78. The van der Waals surface area contributed by atoms with Crippen molar-refractivity contribution in [1.82, 2.24) is 4.90 Å². The number of unbranched alkanes of at least 4 members (excludes halogenated alkanes) is 1. The first kappa shape index (κ1) is 13.5. The van der Waals surface area contributed by atoms with Crippen molar-refractivity contribution < 1.29 is 9.53 Å². The molecule has 16 heavy (non-hydrogen) atoms. The quantitative estimate of drug-likeness (QED) is 0.676. The van der Waals surface area contributed by atoms with E-state index in [0.717, 1.165) is 38.3 Å². The first-order valence-corrected chi connectivity index (χ1v) is 6.51. The highest BCUT2D eigenvalue weighted by molar-refractivity contribution is 5.75. The smallest absolute Gasteiger partial charge is 0.323 e. The number of piperidine rings is 1. The van der Waals surface area contributed by atoms with E-state index in [1.807, 2.05) is 0 Å². The molecule has 94 valence electrons. The molecule has 1 aliphatic rings. The largest absolute Gasteiger partial charge is 0.468 e. The molecule has 1 fully saturated rings. The maximum Gasteiger partial charge on any atom is 0.323 e. The first-order chi connectivity index (χ1) is 7.69. The summed E-state index contributed by atoms with van der Waals surface area (Å²) in [6.07, 6.45) is 5.60. The second kappa shape index (κ2) is 6.89. The second-order valence-electron chi connectivity index (χ2n) is 4.90. The monoisotopic (exact) mass is 227 g/mol. The summed E-state index contributed by atoms with van der Waals surface area (Å²) < 4.78 is 4.91. The SMILES string of the molecule is CCCCC(C(=O)OC)N1CCC(C)CC1. The van der Waals surface area contributed by atoms with Crippen molar-refractivity contribution in [2.45, 2.75) is 52.0 Å². The molecule has 0 bridgehead atoms. The molecule has 1 unspecified atom stereocenters. The highest BCUT2D eigenvalue weighted by Crippen LogP contribution is 2.20. The van der Waals surface area contributed by atoms with Crippen molar-refractivity contribution in [3.63, 3.8) is 0 Å². The van der Waals surface area contributed by atoms with Crippen LogP contribution in [-0.2, 0) is 9.53 Å². The summed E-state index contributed by atoms with van der Waals surface area (Å²) in [5, 5.41) is 0. The van der Waals surface area contributed by atoms with Gasteiger partial charge in [0.15, 0.2) is 0 Å². The molecule has 1 aliphatic heterocycles. The van der Waals surface area contributed by atoms with Gasteiger partial charge in [-0.3, -0.25) is 9.69 Å². The van der Waals surface area contributed by atoms with Gasteiger partial charge in [0.05, 0.1) is 7.11 Å². The Kier molecular flexibility index (Phi) is 5.81. The lowest BCUT2D eigenvalue weighted by atomic mass is 9.96. The van der Waals surface area contributed by atoms with E-state index >= 15 is 0 Å². The van der Waals surface area contributed by atoms with E-state index in [9.17, 15) is 4.79 Å². The van der Waals surface area contributed by atoms with E-state index in [1.165, 1.54) is 20.0 Å². The second-order valence-corrected chi connectivity index (χ2v) is 4.90. The Labute approximate surface area is 99.1 Å². The minimum absolute atomic E-state index is 0.00236. The number of nitrogens with zero attached hydrogens (tertiary/aromatic N) is 1. The van der Waals surface area contributed by atoms with Crippen molar-refractivity contribution in [2.75, 3.05) is 20.2 Å². The standard InChI is InChI=1S/C13H25NO2/c1-4-5-6-12(13(15)16-3)14-9-7-11(2)8-10-14/h11-12H,4-10H2,1-3H3. The Balaban J connectivity index is 2.50. The van der Waals surface area contributed by atoms with Gasteiger partial charge in [-0.05, 0) is 38.3 Å². The number of esters is 1. The fourth-order valence-electron chi connectivity index (χ4n) is 2.32. The van der Waals surface area contributed by atoms with Crippen LogP contribution in [0.2, 0.25) is 0 Å². The molecule has 0 radical (unpaired) electrons. The number of likely N-dealkylation sites (tertiary alicyclic amines) is 1. The Morgan fingerprint density at radius 1 is 1.44 bits per heavy atom. The molecule has 1 heterocycles. The summed E-state index contributed by atoms with van der Waals surface area (Å²) in [7, 11) is 1.49. The average Bonchev–Trinajstić information content (AvgIpc) is 2.31. The lowest BCUT2D eigenvalue weighted by molar-refractivity contribution is -0.148. The molecule has 1 atom stereocenters. The normalized spacial score (nSPS) is 20.7. The molecule has 0 aromatic heterocycles. The topological polar surface area (TPSA) is 29.5 Å². The van der Waals surface area contributed by atoms with Crippen molar-refractivity contribution >= 4 is 5.97 Å². The van der Waals surface area contributed by atoms with Crippen LogP contribution in [0.4, 0.5) is 0 Å². The summed E-state index contributed by atoms with van der Waals surface area (Å²) in [4.78, 5) is 14.0. The van der Waals surface area contributed by atoms with Gasteiger partial charge in [-0.15, -0.1) is 0 Å². The number of hydrogen-bond acceptors (Lipinski definition) is 3. The molecule has 0 amide bonds. The van der Waals surface area contributed by atoms with E-state index in [1.54, 1.807) is 0 Å². The number of ether oxygens (including phenoxy) is 1. The predicted octanol–water partition coefficient (Wildman–Crippen LogP) is 2.45. The zero-order valence-electron chi connectivity index (χ0n) is 10.9. The van der Waals surface area contributed by atoms with Gasteiger partial charge in [0.1, 0.15) is 6.04 Å². The zero-order chi connectivity index (χ0) is 12.0. The third-order valence-corrected chi connectivity index (χ3v) is 3.56. The Morgan fingerprint density at radius 2 is 2.06 bits per heavy atom. The number of carbonyl (C=O) groups is 1. The molecule has 0 aromatic rings. The van der Waals surface area contributed by atoms with Crippen LogP contribution in [0.3, 0.4) is 0 Å². The summed E-state index contributed by atoms with van der Waals surface area (Å²) in [5.74, 6) is 0.753. The van der Waals surface area contributed by atoms with Gasteiger partial charge in [-0.1, -0.05) is 26.7 Å². The van der Waals surface area contributed by atoms with E-state index < -0.39 is 0 Å². The van der Waals surface area contributed by atoms with Gasteiger partial charge in [0, 0.05) is 0 Å². The minimum Gasteiger partial charge on any atom is -0.468 e. The van der Waals surface area contributed by atoms with E-state index in [-0.39, 0.29) is 12.0 Å². The highest BCUT2D eigenvalue weighted by atomic mass is 16.5. The molecule has 0 spiro atoms.